The Hall–Kier alpha value is -3.73. The molecule has 2 aliphatic rings. The Morgan fingerprint density at radius 1 is 0.758 bits per heavy atom. The highest BCUT2D eigenvalue weighted by atomic mass is 16.2. The van der Waals surface area contributed by atoms with Crippen LogP contribution in [-0.2, 0) is 22.6 Å². The minimum absolute atomic E-state index is 0.197. The van der Waals surface area contributed by atoms with E-state index in [1.807, 2.05) is 48.5 Å². The van der Waals surface area contributed by atoms with Crippen molar-refractivity contribution in [3.05, 3.63) is 108 Å². The fourth-order valence-corrected chi connectivity index (χ4v) is 4.84. The van der Waals surface area contributed by atoms with Crippen LogP contribution in [0.3, 0.4) is 0 Å². The topological polar surface area (TPSA) is 53.5 Å². The zero-order valence-corrected chi connectivity index (χ0v) is 18.6. The van der Waals surface area contributed by atoms with Crippen LogP contribution in [0.15, 0.2) is 90.9 Å². The van der Waals surface area contributed by atoms with Gasteiger partial charge in [0.25, 0.3) is 11.8 Å². The highest BCUT2D eigenvalue weighted by Crippen LogP contribution is 2.35. The van der Waals surface area contributed by atoms with Crippen LogP contribution in [0.5, 0.6) is 0 Å². The van der Waals surface area contributed by atoms with Crippen molar-refractivity contribution in [1.82, 2.24) is 14.8 Å². The third kappa shape index (κ3) is 4.44. The summed E-state index contributed by atoms with van der Waals surface area (Å²) < 4.78 is 0. The molecule has 33 heavy (non-hydrogen) atoms. The number of benzene rings is 2. The van der Waals surface area contributed by atoms with Crippen LogP contribution in [0.25, 0.3) is 5.57 Å². The summed E-state index contributed by atoms with van der Waals surface area (Å²) in [5, 5.41) is 0. The fraction of sp³-hybridized carbons (Fsp3) is 0.250. The molecule has 0 N–H and O–H groups in total. The fourth-order valence-electron chi connectivity index (χ4n) is 4.84. The summed E-state index contributed by atoms with van der Waals surface area (Å²) in [4.78, 5) is 34.6. The number of nitrogens with zero attached hydrogens (tertiary/aromatic N) is 3. The number of imide groups is 1. The Balaban J connectivity index is 1.39. The molecule has 1 saturated heterocycles. The summed E-state index contributed by atoms with van der Waals surface area (Å²) >= 11 is 0. The molecule has 1 fully saturated rings. The molecule has 0 radical (unpaired) electrons. The summed E-state index contributed by atoms with van der Waals surface area (Å²) in [5.74, 6) is 0.172. The second kappa shape index (κ2) is 9.41. The molecule has 0 atom stereocenters. The van der Waals surface area contributed by atoms with Crippen LogP contribution < -0.4 is 0 Å². The molecule has 1 aromatic heterocycles. The predicted molar refractivity (Wildman–Crippen MR) is 128 cm³/mol. The van der Waals surface area contributed by atoms with E-state index in [4.69, 9.17) is 0 Å². The van der Waals surface area contributed by atoms with Crippen LogP contribution in [-0.4, -0.2) is 39.7 Å². The van der Waals surface area contributed by atoms with Gasteiger partial charge in [-0.1, -0.05) is 60.7 Å². The van der Waals surface area contributed by atoms with Crippen LogP contribution in [0, 0.1) is 5.92 Å². The number of carbonyl (C=O) groups excluding carboxylic acids is 2. The van der Waals surface area contributed by atoms with Gasteiger partial charge in [0.1, 0.15) is 5.70 Å². The third-order valence-corrected chi connectivity index (χ3v) is 6.59. The molecule has 166 valence electrons. The monoisotopic (exact) mass is 437 g/mol. The zero-order chi connectivity index (χ0) is 22.6. The molecule has 0 aliphatic carbocycles. The van der Waals surface area contributed by atoms with Gasteiger partial charge in [-0.15, -0.1) is 0 Å². The van der Waals surface area contributed by atoms with Crippen molar-refractivity contribution in [2.24, 2.45) is 5.92 Å². The number of carbonyl (C=O) groups is 2. The summed E-state index contributed by atoms with van der Waals surface area (Å²) in [7, 11) is 0. The van der Waals surface area contributed by atoms with Crippen molar-refractivity contribution in [2.45, 2.75) is 25.8 Å². The van der Waals surface area contributed by atoms with Gasteiger partial charge in [-0.2, -0.15) is 0 Å². The number of hydrogen-bond acceptors (Lipinski definition) is 4. The van der Waals surface area contributed by atoms with E-state index in [0.29, 0.717) is 17.2 Å². The number of pyridine rings is 1. The van der Waals surface area contributed by atoms with E-state index in [2.05, 4.69) is 34.1 Å². The lowest BCUT2D eigenvalue weighted by atomic mass is 9.89. The van der Waals surface area contributed by atoms with E-state index in [1.165, 1.54) is 10.5 Å². The Bertz CT molecular complexity index is 1150. The van der Waals surface area contributed by atoms with E-state index in [0.717, 1.165) is 43.5 Å². The second-order valence-corrected chi connectivity index (χ2v) is 8.76. The number of aromatic nitrogens is 1. The van der Waals surface area contributed by atoms with E-state index in [-0.39, 0.29) is 18.4 Å². The summed E-state index contributed by atoms with van der Waals surface area (Å²) in [5.41, 5.74) is 4.13. The van der Waals surface area contributed by atoms with E-state index in [1.54, 1.807) is 12.4 Å². The first kappa shape index (κ1) is 21.1. The van der Waals surface area contributed by atoms with Gasteiger partial charge in [0.2, 0.25) is 0 Å². The number of hydrogen-bond donors (Lipinski definition) is 0. The Morgan fingerprint density at radius 2 is 1.39 bits per heavy atom. The van der Waals surface area contributed by atoms with Crippen molar-refractivity contribution in [3.8, 4) is 0 Å². The first-order valence-corrected chi connectivity index (χ1v) is 11.5. The highest BCUT2D eigenvalue weighted by molar-refractivity contribution is 6.35. The van der Waals surface area contributed by atoms with Crippen LogP contribution >= 0.6 is 0 Å². The Labute approximate surface area is 194 Å². The minimum atomic E-state index is -0.218. The van der Waals surface area contributed by atoms with Crippen molar-refractivity contribution >= 4 is 17.4 Å². The molecule has 0 unspecified atom stereocenters. The molecule has 5 nitrogen and oxygen atoms in total. The smallest absolute Gasteiger partial charge is 0.278 e. The lowest BCUT2D eigenvalue weighted by molar-refractivity contribution is -0.138. The molecule has 3 heterocycles. The van der Waals surface area contributed by atoms with Crippen molar-refractivity contribution in [1.29, 1.82) is 0 Å². The molecule has 0 spiro atoms. The van der Waals surface area contributed by atoms with Crippen LogP contribution in [0.4, 0.5) is 0 Å². The SMILES string of the molecule is O=C1C(c2ccccc2)=C(N2CCC(Cc3ccccc3)CC2)C(=O)N1Cc1ccncc1. The number of piperidine rings is 1. The molecular formula is C28H27N3O2. The average molecular weight is 438 g/mol. The number of rotatable bonds is 6. The summed E-state index contributed by atoms with van der Waals surface area (Å²) in [6.45, 7) is 1.82. The van der Waals surface area contributed by atoms with Gasteiger partial charge in [0.05, 0.1) is 12.1 Å². The van der Waals surface area contributed by atoms with Gasteiger partial charge in [-0.3, -0.25) is 19.5 Å². The third-order valence-electron chi connectivity index (χ3n) is 6.59. The van der Waals surface area contributed by atoms with Gasteiger partial charge >= 0.3 is 0 Å². The normalized spacial score (nSPS) is 17.2. The lowest BCUT2D eigenvalue weighted by Crippen LogP contribution is -2.38. The molecular weight excluding hydrogens is 410 g/mol. The Kier molecular flexibility index (Phi) is 6.03. The molecule has 3 aromatic rings. The maximum atomic E-state index is 13.6. The molecule has 2 amide bonds. The molecule has 2 aromatic carbocycles. The lowest BCUT2D eigenvalue weighted by Gasteiger charge is -2.34. The molecule has 5 rings (SSSR count). The van der Waals surface area contributed by atoms with Crippen molar-refractivity contribution < 1.29 is 9.59 Å². The first-order valence-electron chi connectivity index (χ1n) is 11.5. The zero-order valence-electron chi connectivity index (χ0n) is 18.6. The molecule has 5 heteroatoms. The maximum Gasteiger partial charge on any atom is 0.278 e. The molecule has 0 saturated carbocycles. The predicted octanol–water partition coefficient (Wildman–Crippen LogP) is 4.32. The quantitative estimate of drug-likeness (QED) is 0.539. The van der Waals surface area contributed by atoms with E-state index in [9.17, 15) is 9.59 Å². The van der Waals surface area contributed by atoms with E-state index < -0.39 is 0 Å². The van der Waals surface area contributed by atoms with Crippen LogP contribution in [0.2, 0.25) is 0 Å². The van der Waals surface area contributed by atoms with Gasteiger partial charge in [0.15, 0.2) is 0 Å². The number of amides is 2. The summed E-state index contributed by atoms with van der Waals surface area (Å²) in [6, 6.07) is 23.8. The van der Waals surface area contributed by atoms with Crippen LogP contribution in [0.1, 0.15) is 29.5 Å². The molecule has 2 aliphatic heterocycles. The molecule has 0 bridgehead atoms. The largest absolute Gasteiger partial charge is 0.366 e. The van der Waals surface area contributed by atoms with Gasteiger partial charge < -0.3 is 4.90 Å². The second-order valence-electron chi connectivity index (χ2n) is 8.76. The Morgan fingerprint density at radius 3 is 2.06 bits per heavy atom. The van der Waals surface area contributed by atoms with Crippen molar-refractivity contribution in [2.75, 3.05) is 13.1 Å². The van der Waals surface area contributed by atoms with Gasteiger partial charge in [-0.05, 0) is 54.0 Å². The van der Waals surface area contributed by atoms with Crippen molar-refractivity contribution in [3.63, 3.8) is 0 Å². The average Bonchev–Trinajstić information content (AvgIpc) is 3.11. The maximum absolute atomic E-state index is 13.6. The summed E-state index contributed by atoms with van der Waals surface area (Å²) in [6.07, 6.45) is 6.44. The standard InChI is InChI=1S/C28H27N3O2/c32-27-25(24-9-5-2-6-10-24)26(28(33)31(27)20-23-11-15-29-16-12-23)30-17-13-22(14-18-30)19-21-7-3-1-4-8-21/h1-12,15-16,22H,13-14,17-20H2. The van der Waals surface area contributed by atoms with Gasteiger partial charge in [-0.25, -0.2) is 0 Å². The van der Waals surface area contributed by atoms with Gasteiger partial charge in [0, 0.05) is 25.5 Å². The number of likely N-dealkylation sites (tertiary alicyclic amines) is 1. The van der Waals surface area contributed by atoms with E-state index >= 15 is 0 Å². The minimum Gasteiger partial charge on any atom is -0.366 e. The first-order chi connectivity index (χ1) is 16.2. The highest BCUT2D eigenvalue weighted by Gasteiger charge is 2.42.